The molecule has 0 aliphatic heterocycles. The molecule has 0 radical (unpaired) electrons. The van der Waals surface area contributed by atoms with Crippen molar-refractivity contribution in [1.82, 2.24) is 10.6 Å². The third kappa shape index (κ3) is 4.51. The fraction of sp³-hybridized carbons (Fsp3) is 0.625. The van der Waals surface area contributed by atoms with Gasteiger partial charge in [0.1, 0.15) is 5.75 Å². The average molecular weight is 264 g/mol. The minimum absolute atomic E-state index is 0.550. The Morgan fingerprint density at radius 1 is 1.11 bits per heavy atom. The van der Waals surface area contributed by atoms with Crippen LogP contribution in [0, 0.1) is 20.8 Å². The maximum atomic E-state index is 5.45. The number of nitrogens with one attached hydrogen (secondary N) is 2. The third-order valence-electron chi connectivity index (χ3n) is 3.51. The molecule has 0 amide bonds. The van der Waals surface area contributed by atoms with Crippen LogP contribution in [0.2, 0.25) is 0 Å². The van der Waals surface area contributed by atoms with E-state index in [9.17, 15) is 0 Å². The van der Waals surface area contributed by atoms with Gasteiger partial charge in [0.2, 0.25) is 0 Å². The van der Waals surface area contributed by atoms with E-state index in [4.69, 9.17) is 4.74 Å². The van der Waals surface area contributed by atoms with Crippen LogP contribution in [0.25, 0.3) is 0 Å². The van der Waals surface area contributed by atoms with Crippen molar-refractivity contribution >= 4 is 0 Å². The van der Waals surface area contributed by atoms with E-state index in [1.807, 2.05) is 0 Å². The fourth-order valence-electron chi connectivity index (χ4n) is 2.31. The molecule has 0 aliphatic carbocycles. The van der Waals surface area contributed by atoms with Crippen molar-refractivity contribution in [1.29, 1.82) is 0 Å². The van der Waals surface area contributed by atoms with Crippen molar-refractivity contribution in [3.63, 3.8) is 0 Å². The van der Waals surface area contributed by atoms with Crippen molar-refractivity contribution in [3.05, 3.63) is 28.3 Å². The first-order valence-corrected chi connectivity index (χ1v) is 7.05. The third-order valence-corrected chi connectivity index (χ3v) is 3.51. The standard InChI is InChI=1S/C16H28N2O/c1-11(2)18-8-7-17-10-15-9-12(3)16(19-6)14(5)13(15)4/h9,11,17-18H,7-8,10H2,1-6H3. The van der Waals surface area contributed by atoms with E-state index in [0.717, 1.165) is 25.4 Å². The second kappa shape index (κ2) is 7.51. The molecule has 0 unspecified atom stereocenters. The highest BCUT2D eigenvalue weighted by atomic mass is 16.5. The lowest BCUT2D eigenvalue weighted by molar-refractivity contribution is 0.408. The van der Waals surface area contributed by atoms with Gasteiger partial charge < -0.3 is 15.4 Å². The predicted octanol–water partition coefficient (Wildman–Crippen LogP) is 2.71. The number of ether oxygens (including phenoxy) is 1. The molecule has 108 valence electrons. The SMILES string of the molecule is COc1c(C)cc(CNCCNC(C)C)c(C)c1C. The molecule has 2 N–H and O–H groups in total. The second-order valence-corrected chi connectivity index (χ2v) is 5.42. The molecule has 0 spiro atoms. The highest BCUT2D eigenvalue weighted by Crippen LogP contribution is 2.28. The summed E-state index contributed by atoms with van der Waals surface area (Å²) in [5.41, 5.74) is 5.15. The summed E-state index contributed by atoms with van der Waals surface area (Å²) in [4.78, 5) is 0. The Morgan fingerprint density at radius 2 is 1.79 bits per heavy atom. The van der Waals surface area contributed by atoms with Crippen molar-refractivity contribution in [2.45, 2.75) is 47.2 Å². The first-order chi connectivity index (χ1) is 8.97. The van der Waals surface area contributed by atoms with Crippen LogP contribution in [0.5, 0.6) is 5.75 Å². The second-order valence-electron chi connectivity index (χ2n) is 5.42. The maximum Gasteiger partial charge on any atom is 0.124 e. The monoisotopic (exact) mass is 264 g/mol. The van der Waals surface area contributed by atoms with Crippen LogP contribution in [-0.2, 0) is 6.54 Å². The number of rotatable bonds is 7. The predicted molar refractivity (Wildman–Crippen MR) is 82.1 cm³/mol. The molecule has 3 heteroatoms. The summed E-state index contributed by atoms with van der Waals surface area (Å²) >= 11 is 0. The average Bonchev–Trinajstić information content (AvgIpc) is 2.35. The van der Waals surface area contributed by atoms with Crippen molar-refractivity contribution < 1.29 is 4.74 Å². The number of hydrogen-bond acceptors (Lipinski definition) is 3. The number of hydrogen-bond donors (Lipinski definition) is 2. The lowest BCUT2D eigenvalue weighted by Crippen LogP contribution is -2.31. The topological polar surface area (TPSA) is 33.3 Å². The van der Waals surface area contributed by atoms with Gasteiger partial charge in [-0.25, -0.2) is 0 Å². The van der Waals surface area contributed by atoms with E-state index < -0.39 is 0 Å². The van der Waals surface area contributed by atoms with Gasteiger partial charge in [-0.3, -0.25) is 0 Å². The molecule has 1 aromatic carbocycles. The Hall–Kier alpha value is -1.06. The van der Waals surface area contributed by atoms with Gasteiger partial charge in [0.25, 0.3) is 0 Å². The zero-order valence-corrected chi connectivity index (χ0v) is 13.2. The number of benzene rings is 1. The smallest absolute Gasteiger partial charge is 0.124 e. The zero-order valence-electron chi connectivity index (χ0n) is 13.2. The van der Waals surface area contributed by atoms with Crippen LogP contribution in [0.3, 0.4) is 0 Å². The van der Waals surface area contributed by atoms with Gasteiger partial charge in [-0.1, -0.05) is 19.9 Å². The Labute approximate surface area is 117 Å². The fourth-order valence-corrected chi connectivity index (χ4v) is 2.31. The number of aryl methyl sites for hydroxylation is 1. The summed E-state index contributed by atoms with van der Waals surface area (Å²) in [7, 11) is 1.74. The molecule has 0 heterocycles. The van der Waals surface area contributed by atoms with E-state index in [1.54, 1.807) is 7.11 Å². The van der Waals surface area contributed by atoms with Crippen LogP contribution in [0.15, 0.2) is 6.07 Å². The lowest BCUT2D eigenvalue weighted by Gasteiger charge is -2.16. The maximum absolute atomic E-state index is 5.45. The summed E-state index contributed by atoms with van der Waals surface area (Å²) in [6, 6.07) is 2.78. The number of methoxy groups -OCH3 is 1. The molecule has 0 fully saturated rings. The first kappa shape index (κ1) is 16.0. The van der Waals surface area contributed by atoms with Gasteiger partial charge in [0.05, 0.1) is 7.11 Å². The Kier molecular flexibility index (Phi) is 6.32. The van der Waals surface area contributed by atoms with E-state index in [0.29, 0.717) is 6.04 Å². The van der Waals surface area contributed by atoms with Gasteiger partial charge >= 0.3 is 0 Å². The normalized spacial score (nSPS) is 11.1. The Morgan fingerprint density at radius 3 is 2.37 bits per heavy atom. The summed E-state index contributed by atoms with van der Waals surface area (Å²) in [6.45, 7) is 13.6. The van der Waals surface area contributed by atoms with Gasteiger partial charge in [-0.05, 0) is 43.0 Å². The van der Waals surface area contributed by atoms with Crippen LogP contribution >= 0.6 is 0 Å². The summed E-state index contributed by atoms with van der Waals surface area (Å²) in [6.07, 6.45) is 0. The molecule has 3 nitrogen and oxygen atoms in total. The summed E-state index contributed by atoms with van der Waals surface area (Å²) in [5.74, 6) is 1.02. The zero-order chi connectivity index (χ0) is 14.4. The Balaban J connectivity index is 2.60. The van der Waals surface area contributed by atoms with Crippen molar-refractivity contribution in [3.8, 4) is 5.75 Å². The highest BCUT2D eigenvalue weighted by molar-refractivity contribution is 5.48. The van der Waals surface area contributed by atoms with E-state index >= 15 is 0 Å². The summed E-state index contributed by atoms with van der Waals surface area (Å²) in [5, 5.41) is 6.89. The van der Waals surface area contributed by atoms with Gasteiger partial charge in [-0.15, -0.1) is 0 Å². The lowest BCUT2D eigenvalue weighted by atomic mass is 9.98. The van der Waals surface area contributed by atoms with Gasteiger partial charge in [-0.2, -0.15) is 0 Å². The molecule has 0 aliphatic rings. The summed E-state index contributed by atoms with van der Waals surface area (Å²) < 4.78 is 5.45. The molecule has 0 saturated carbocycles. The van der Waals surface area contributed by atoms with E-state index in [1.165, 1.54) is 22.3 Å². The minimum Gasteiger partial charge on any atom is -0.496 e. The molecule has 1 rings (SSSR count). The molecule has 19 heavy (non-hydrogen) atoms. The first-order valence-electron chi connectivity index (χ1n) is 7.05. The van der Waals surface area contributed by atoms with Gasteiger partial charge in [0.15, 0.2) is 0 Å². The van der Waals surface area contributed by atoms with E-state index in [2.05, 4.69) is 51.3 Å². The van der Waals surface area contributed by atoms with Crippen molar-refractivity contribution in [2.75, 3.05) is 20.2 Å². The molecular formula is C16H28N2O. The molecule has 0 bridgehead atoms. The molecule has 0 aromatic heterocycles. The molecular weight excluding hydrogens is 236 g/mol. The molecule has 0 atom stereocenters. The highest BCUT2D eigenvalue weighted by Gasteiger charge is 2.10. The minimum atomic E-state index is 0.550. The molecule has 1 aromatic rings. The van der Waals surface area contributed by atoms with Crippen LogP contribution < -0.4 is 15.4 Å². The van der Waals surface area contributed by atoms with Crippen molar-refractivity contribution in [2.24, 2.45) is 0 Å². The van der Waals surface area contributed by atoms with Crippen LogP contribution in [0.4, 0.5) is 0 Å². The molecule has 0 saturated heterocycles. The Bertz CT molecular complexity index is 414. The van der Waals surface area contributed by atoms with Crippen LogP contribution in [-0.4, -0.2) is 26.2 Å². The van der Waals surface area contributed by atoms with Gasteiger partial charge in [0, 0.05) is 25.7 Å². The quantitative estimate of drug-likeness (QED) is 0.743. The van der Waals surface area contributed by atoms with E-state index in [-0.39, 0.29) is 0 Å². The largest absolute Gasteiger partial charge is 0.496 e. The van der Waals surface area contributed by atoms with Crippen LogP contribution in [0.1, 0.15) is 36.1 Å².